The molecule has 102 valence electrons. The van der Waals surface area contributed by atoms with Gasteiger partial charge < -0.3 is 15.0 Å². The minimum Gasteiger partial charge on any atom is -0.381 e. The number of aromatic amines is 1. The van der Waals surface area contributed by atoms with Crippen LogP contribution in [0.4, 0.5) is 0 Å². The molecule has 3 nitrogen and oxygen atoms in total. The lowest BCUT2D eigenvalue weighted by Gasteiger charge is -2.51. The summed E-state index contributed by atoms with van der Waals surface area (Å²) < 4.78 is 5.49. The van der Waals surface area contributed by atoms with Crippen molar-refractivity contribution in [1.29, 1.82) is 0 Å². The van der Waals surface area contributed by atoms with Gasteiger partial charge in [0, 0.05) is 36.8 Å². The smallest absolute Gasteiger partial charge is 0.0652 e. The summed E-state index contributed by atoms with van der Waals surface area (Å²) in [6.45, 7) is 5.46. The Bertz CT molecular complexity index is 573. The molecule has 1 aliphatic rings. The zero-order valence-electron chi connectivity index (χ0n) is 11.9. The third-order valence-corrected chi connectivity index (χ3v) is 4.63. The van der Waals surface area contributed by atoms with Crippen molar-refractivity contribution in [3.63, 3.8) is 0 Å². The van der Waals surface area contributed by atoms with Crippen molar-refractivity contribution in [2.75, 3.05) is 7.11 Å². The zero-order valence-corrected chi connectivity index (χ0v) is 11.9. The van der Waals surface area contributed by atoms with E-state index in [1.807, 2.05) is 13.3 Å². The standard InChI is InChI=1S/C16H22N2O/c1-16(2)14(9-15(16)19-3)18-10-11-4-5-12-6-7-17-13(12)8-11/h4-8,14-15,17-18H,9-10H2,1-3H3. The molecule has 1 aliphatic carbocycles. The van der Waals surface area contributed by atoms with Gasteiger partial charge in [0.05, 0.1) is 6.10 Å². The van der Waals surface area contributed by atoms with Gasteiger partial charge in [0.15, 0.2) is 0 Å². The van der Waals surface area contributed by atoms with E-state index in [9.17, 15) is 0 Å². The number of nitrogens with one attached hydrogen (secondary N) is 2. The molecule has 0 aliphatic heterocycles. The summed E-state index contributed by atoms with van der Waals surface area (Å²) in [5, 5.41) is 4.92. The summed E-state index contributed by atoms with van der Waals surface area (Å²) in [5.41, 5.74) is 2.76. The summed E-state index contributed by atoms with van der Waals surface area (Å²) in [7, 11) is 1.81. The highest BCUT2D eigenvalue weighted by Gasteiger charge is 2.48. The Morgan fingerprint density at radius 3 is 2.95 bits per heavy atom. The third-order valence-electron chi connectivity index (χ3n) is 4.63. The Morgan fingerprint density at radius 1 is 1.37 bits per heavy atom. The van der Waals surface area contributed by atoms with Gasteiger partial charge in [-0.25, -0.2) is 0 Å². The minimum atomic E-state index is 0.227. The number of methoxy groups -OCH3 is 1. The second kappa shape index (κ2) is 4.66. The number of ether oxygens (including phenoxy) is 1. The van der Waals surface area contributed by atoms with Crippen LogP contribution in [-0.4, -0.2) is 24.2 Å². The Labute approximate surface area is 114 Å². The molecule has 0 spiro atoms. The van der Waals surface area contributed by atoms with Crippen LogP contribution in [0.2, 0.25) is 0 Å². The molecular formula is C16H22N2O. The number of hydrogen-bond acceptors (Lipinski definition) is 2. The van der Waals surface area contributed by atoms with Gasteiger partial charge >= 0.3 is 0 Å². The maximum absolute atomic E-state index is 5.49. The van der Waals surface area contributed by atoms with Crippen molar-refractivity contribution in [2.24, 2.45) is 5.41 Å². The Hall–Kier alpha value is -1.32. The van der Waals surface area contributed by atoms with E-state index in [4.69, 9.17) is 4.74 Å². The second-order valence-corrected chi connectivity index (χ2v) is 6.11. The lowest BCUT2D eigenvalue weighted by atomic mass is 9.64. The fourth-order valence-corrected chi connectivity index (χ4v) is 3.08. The van der Waals surface area contributed by atoms with E-state index in [1.165, 1.54) is 16.5 Å². The topological polar surface area (TPSA) is 37.0 Å². The first-order valence-electron chi connectivity index (χ1n) is 6.93. The molecule has 2 aromatic rings. The summed E-state index contributed by atoms with van der Waals surface area (Å²) in [6, 6.07) is 9.24. The molecule has 1 heterocycles. The van der Waals surface area contributed by atoms with E-state index in [0.29, 0.717) is 12.1 Å². The van der Waals surface area contributed by atoms with Gasteiger partial charge in [-0.1, -0.05) is 26.0 Å². The first-order chi connectivity index (χ1) is 9.11. The first-order valence-corrected chi connectivity index (χ1v) is 6.93. The van der Waals surface area contributed by atoms with Crippen molar-refractivity contribution in [3.05, 3.63) is 36.0 Å². The quantitative estimate of drug-likeness (QED) is 0.884. The average Bonchev–Trinajstić information content (AvgIpc) is 2.85. The van der Waals surface area contributed by atoms with Gasteiger partial charge in [0.2, 0.25) is 0 Å². The molecule has 1 saturated carbocycles. The van der Waals surface area contributed by atoms with E-state index in [2.05, 4.69) is 48.4 Å². The van der Waals surface area contributed by atoms with Crippen LogP contribution in [-0.2, 0) is 11.3 Å². The van der Waals surface area contributed by atoms with Crippen LogP contribution in [0, 0.1) is 5.41 Å². The van der Waals surface area contributed by atoms with E-state index >= 15 is 0 Å². The van der Waals surface area contributed by atoms with Gasteiger partial charge in [-0.2, -0.15) is 0 Å². The van der Waals surface area contributed by atoms with Gasteiger partial charge in [-0.05, 0) is 29.5 Å². The fourth-order valence-electron chi connectivity index (χ4n) is 3.08. The minimum absolute atomic E-state index is 0.227. The zero-order chi connectivity index (χ0) is 13.5. The van der Waals surface area contributed by atoms with Crippen molar-refractivity contribution in [1.82, 2.24) is 10.3 Å². The predicted molar refractivity (Wildman–Crippen MR) is 78.1 cm³/mol. The molecule has 19 heavy (non-hydrogen) atoms. The normalized spacial score (nSPS) is 25.4. The van der Waals surface area contributed by atoms with Crippen LogP contribution < -0.4 is 5.32 Å². The SMILES string of the molecule is COC1CC(NCc2ccc3cc[nH]c3c2)C1(C)C. The molecule has 0 radical (unpaired) electrons. The number of aromatic nitrogens is 1. The Kier molecular flexibility index (Phi) is 3.11. The van der Waals surface area contributed by atoms with E-state index in [-0.39, 0.29) is 5.41 Å². The van der Waals surface area contributed by atoms with Crippen LogP contribution in [0.1, 0.15) is 25.8 Å². The van der Waals surface area contributed by atoms with Crippen LogP contribution in [0.25, 0.3) is 10.9 Å². The summed E-state index contributed by atoms with van der Waals surface area (Å²) in [4.78, 5) is 3.26. The summed E-state index contributed by atoms with van der Waals surface area (Å²) in [6.07, 6.45) is 3.48. The molecule has 0 amide bonds. The lowest BCUT2D eigenvalue weighted by Crippen LogP contribution is -2.60. The number of H-pyrrole nitrogens is 1. The first kappa shape index (κ1) is 12.7. The van der Waals surface area contributed by atoms with E-state index in [0.717, 1.165) is 13.0 Å². The monoisotopic (exact) mass is 258 g/mol. The predicted octanol–water partition coefficient (Wildman–Crippen LogP) is 3.07. The van der Waals surface area contributed by atoms with Crippen molar-refractivity contribution >= 4 is 10.9 Å². The fraction of sp³-hybridized carbons (Fsp3) is 0.500. The molecular weight excluding hydrogens is 236 g/mol. The largest absolute Gasteiger partial charge is 0.381 e. The Balaban J connectivity index is 1.63. The second-order valence-electron chi connectivity index (χ2n) is 6.11. The van der Waals surface area contributed by atoms with Crippen LogP contribution >= 0.6 is 0 Å². The van der Waals surface area contributed by atoms with Crippen molar-refractivity contribution < 1.29 is 4.74 Å². The maximum atomic E-state index is 5.49. The van der Waals surface area contributed by atoms with Gasteiger partial charge in [0.1, 0.15) is 0 Å². The summed E-state index contributed by atoms with van der Waals surface area (Å²) >= 11 is 0. The molecule has 3 rings (SSSR count). The lowest BCUT2D eigenvalue weighted by molar-refractivity contribution is -0.0979. The van der Waals surface area contributed by atoms with E-state index < -0.39 is 0 Å². The molecule has 2 N–H and O–H groups in total. The number of benzene rings is 1. The molecule has 0 saturated heterocycles. The molecule has 1 fully saturated rings. The van der Waals surface area contributed by atoms with Gasteiger partial charge in [-0.15, -0.1) is 0 Å². The average molecular weight is 258 g/mol. The van der Waals surface area contributed by atoms with Crippen molar-refractivity contribution in [3.8, 4) is 0 Å². The van der Waals surface area contributed by atoms with Crippen LogP contribution in [0.5, 0.6) is 0 Å². The Morgan fingerprint density at radius 2 is 2.21 bits per heavy atom. The van der Waals surface area contributed by atoms with Crippen molar-refractivity contribution in [2.45, 2.75) is 39.0 Å². The highest BCUT2D eigenvalue weighted by molar-refractivity contribution is 5.79. The number of rotatable bonds is 4. The highest BCUT2D eigenvalue weighted by atomic mass is 16.5. The van der Waals surface area contributed by atoms with Crippen LogP contribution in [0.3, 0.4) is 0 Å². The molecule has 2 unspecified atom stereocenters. The third kappa shape index (κ3) is 2.17. The molecule has 0 bridgehead atoms. The number of fused-ring (bicyclic) bond motifs is 1. The molecule has 3 heteroatoms. The molecule has 1 aromatic heterocycles. The van der Waals surface area contributed by atoms with Crippen LogP contribution in [0.15, 0.2) is 30.5 Å². The summed E-state index contributed by atoms with van der Waals surface area (Å²) in [5.74, 6) is 0. The maximum Gasteiger partial charge on any atom is 0.0652 e. The molecule has 2 atom stereocenters. The highest BCUT2D eigenvalue weighted by Crippen LogP contribution is 2.42. The van der Waals surface area contributed by atoms with Gasteiger partial charge in [-0.3, -0.25) is 0 Å². The number of hydrogen-bond donors (Lipinski definition) is 2. The van der Waals surface area contributed by atoms with E-state index in [1.54, 1.807) is 0 Å². The molecule has 1 aromatic carbocycles. The van der Waals surface area contributed by atoms with Gasteiger partial charge in [0.25, 0.3) is 0 Å².